The number of ether oxygens (including phenoxy) is 2. The van der Waals surface area contributed by atoms with Gasteiger partial charge in [0.2, 0.25) is 11.8 Å². The van der Waals surface area contributed by atoms with Gasteiger partial charge in [0.25, 0.3) is 0 Å². The number of fused-ring (bicyclic) bond motifs is 1. The Morgan fingerprint density at radius 2 is 1.82 bits per heavy atom. The first kappa shape index (κ1) is 24.3. The van der Waals surface area contributed by atoms with Crippen molar-refractivity contribution in [1.29, 1.82) is 0 Å². The van der Waals surface area contributed by atoms with E-state index in [1.54, 1.807) is 32.1 Å². The SMILES string of the molecule is CCC(=Nc1ccc(N(CC(C)NC)C(C)=O)cc1)C1C(=O)Nc2cc(OC)c(OC)cc21. The molecule has 2 aromatic carbocycles. The minimum absolute atomic E-state index is 0.0220. The van der Waals surface area contributed by atoms with Crippen LogP contribution in [-0.4, -0.2) is 51.4 Å². The predicted octanol–water partition coefficient (Wildman–Crippen LogP) is 3.88. The van der Waals surface area contributed by atoms with Gasteiger partial charge in [-0.15, -0.1) is 0 Å². The van der Waals surface area contributed by atoms with E-state index in [4.69, 9.17) is 14.5 Å². The Balaban J connectivity index is 1.92. The molecular weight excluding hydrogens is 420 g/mol. The fourth-order valence-corrected chi connectivity index (χ4v) is 3.92. The monoisotopic (exact) mass is 452 g/mol. The van der Waals surface area contributed by atoms with E-state index in [0.29, 0.717) is 30.2 Å². The number of nitrogens with zero attached hydrogens (tertiary/aromatic N) is 2. The normalized spacial score (nSPS) is 16.1. The quantitative estimate of drug-likeness (QED) is 0.564. The first-order valence-corrected chi connectivity index (χ1v) is 11.0. The molecule has 0 aliphatic carbocycles. The lowest BCUT2D eigenvalue weighted by molar-refractivity contribution is -0.117. The Kier molecular flexibility index (Phi) is 7.71. The van der Waals surface area contributed by atoms with Crippen LogP contribution in [0.2, 0.25) is 0 Å². The Morgan fingerprint density at radius 1 is 1.18 bits per heavy atom. The smallest absolute Gasteiger partial charge is 0.237 e. The van der Waals surface area contributed by atoms with Crippen molar-refractivity contribution in [2.75, 3.05) is 38.0 Å². The second-order valence-electron chi connectivity index (χ2n) is 8.01. The number of hydrogen-bond acceptors (Lipinski definition) is 6. The van der Waals surface area contributed by atoms with Gasteiger partial charge >= 0.3 is 0 Å². The number of carbonyl (C=O) groups is 2. The summed E-state index contributed by atoms with van der Waals surface area (Å²) in [6, 6.07) is 11.3. The highest BCUT2D eigenvalue weighted by molar-refractivity contribution is 6.19. The van der Waals surface area contributed by atoms with Crippen molar-refractivity contribution < 1.29 is 19.1 Å². The van der Waals surface area contributed by atoms with Gasteiger partial charge in [0.15, 0.2) is 11.5 Å². The largest absolute Gasteiger partial charge is 0.493 e. The van der Waals surface area contributed by atoms with Crippen molar-refractivity contribution in [2.45, 2.75) is 39.2 Å². The molecule has 0 saturated carbocycles. The van der Waals surface area contributed by atoms with Crippen molar-refractivity contribution in [2.24, 2.45) is 4.99 Å². The number of nitrogens with one attached hydrogen (secondary N) is 2. The van der Waals surface area contributed by atoms with Gasteiger partial charge in [0, 0.05) is 42.7 Å². The summed E-state index contributed by atoms with van der Waals surface area (Å²) in [5.74, 6) is 0.477. The zero-order valence-electron chi connectivity index (χ0n) is 20.1. The van der Waals surface area contributed by atoms with E-state index in [2.05, 4.69) is 10.6 Å². The van der Waals surface area contributed by atoms with Gasteiger partial charge in [0.05, 0.1) is 19.9 Å². The topological polar surface area (TPSA) is 92.3 Å². The van der Waals surface area contributed by atoms with Crippen LogP contribution < -0.4 is 25.0 Å². The molecule has 3 rings (SSSR count). The molecule has 1 aliphatic heterocycles. The van der Waals surface area contributed by atoms with Gasteiger partial charge in [-0.05, 0) is 56.3 Å². The highest BCUT2D eigenvalue weighted by Gasteiger charge is 2.35. The van der Waals surface area contributed by atoms with E-state index in [0.717, 1.165) is 22.6 Å². The average Bonchev–Trinajstić information content (AvgIpc) is 3.14. The summed E-state index contributed by atoms with van der Waals surface area (Å²) >= 11 is 0. The maximum Gasteiger partial charge on any atom is 0.237 e. The summed E-state index contributed by atoms with van der Waals surface area (Å²) in [5, 5.41) is 6.08. The fraction of sp³-hybridized carbons (Fsp3) is 0.400. The van der Waals surface area contributed by atoms with Crippen LogP contribution in [0.15, 0.2) is 41.4 Å². The van der Waals surface area contributed by atoms with Crippen LogP contribution in [0.4, 0.5) is 17.1 Å². The molecule has 176 valence electrons. The number of likely N-dealkylation sites (N-methyl/N-ethyl adjacent to an activating group) is 1. The van der Waals surface area contributed by atoms with Crippen molar-refractivity contribution in [3.05, 3.63) is 42.0 Å². The molecule has 2 unspecified atom stereocenters. The fourth-order valence-electron chi connectivity index (χ4n) is 3.92. The van der Waals surface area contributed by atoms with Gasteiger partial charge in [-0.3, -0.25) is 14.6 Å². The van der Waals surface area contributed by atoms with E-state index in [1.807, 2.05) is 51.2 Å². The van der Waals surface area contributed by atoms with Crippen LogP contribution in [0.1, 0.15) is 38.7 Å². The van der Waals surface area contributed by atoms with E-state index in [9.17, 15) is 9.59 Å². The minimum atomic E-state index is -0.505. The van der Waals surface area contributed by atoms with Gasteiger partial charge in [-0.1, -0.05) is 6.92 Å². The number of rotatable bonds is 9. The summed E-state index contributed by atoms with van der Waals surface area (Å²) < 4.78 is 10.8. The zero-order valence-corrected chi connectivity index (χ0v) is 20.1. The van der Waals surface area contributed by atoms with Crippen LogP contribution >= 0.6 is 0 Å². The molecule has 0 saturated heterocycles. The van der Waals surface area contributed by atoms with Gasteiger partial charge in [0.1, 0.15) is 5.92 Å². The summed E-state index contributed by atoms with van der Waals surface area (Å²) in [5.41, 5.74) is 3.80. The third kappa shape index (κ3) is 5.17. The molecule has 1 heterocycles. The second kappa shape index (κ2) is 10.5. The number of aliphatic imine (C=N–C) groups is 1. The van der Waals surface area contributed by atoms with Crippen molar-refractivity contribution in [3.63, 3.8) is 0 Å². The summed E-state index contributed by atoms with van der Waals surface area (Å²) in [6.07, 6.45) is 0.604. The van der Waals surface area contributed by atoms with Gasteiger partial charge < -0.3 is 25.0 Å². The molecule has 0 aromatic heterocycles. The Bertz CT molecular complexity index is 1050. The maximum atomic E-state index is 12.8. The van der Waals surface area contributed by atoms with Crippen LogP contribution in [-0.2, 0) is 9.59 Å². The highest BCUT2D eigenvalue weighted by atomic mass is 16.5. The molecule has 8 nitrogen and oxygen atoms in total. The van der Waals surface area contributed by atoms with Crippen LogP contribution in [0.25, 0.3) is 0 Å². The lowest BCUT2D eigenvalue weighted by Crippen LogP contribution is -2.40. The second-order valence-corrected chi connectivity index (χ2v) is 8.01. The van der Waals surface area contributed by atoms with Crippen LogP contribution in [0.3, 0.4) is 0 Å². The molecule has 1 aliphatic rings. The van der Waals surface area contributed by atoms with E-state index >= 15 is 0 Å². The standard InChI is InChI=1S/C25H32N4O4/c1-7-20(24-19-12-22(32-5)23(33-6)13-21(19)28-25(24)31)27-17-8-10-18(11-9-17)29(16(3)30)14-15(2)26-4/h8-13,15,24,26H,7,14H2,1-6H3,(H,28,31). The minimum Gasteiger partial charge on any atom is -0.493 e. The van der Waals surface area contributed by atoms with Gasteiger partial charge in [-0.25, -0.2) is 0 Å². The third-order valence-corrected chi connectivity index (χ3v) is 5.85. The molecule has 2 N–H and O–H groups in total. The first-order valence-electron chi connectivity index (χ1n) is 11.0. The van der Waals surface area contributed by atoms with Crippen molar-refractivity contribution in [1.82, 2.24) is 5.32 Å². The van der Waals surface area contributed by atoms with Crippen LogP contribution in [0, 0.1) is 0 Å². The molecule has 0 radical (unpaired) electrons. The number of benzene rings is 2. The Labute approximate surface area is 195 Å². The van der Waals surface area contributed by atoms with E-state index in [-0.39, 0.29) is 17.9 Å². The number of methoxy groups -OCH3 is 2. The zero-order chi connectivity index (χ0) is 24.1. The Morgan fingerprint density at radius 3 is 2.36 bits per heavy atom. The molecule has 0 bridgehead atoms. The lowest BCUT2D eigenvalue weighted by atomic mass is 9.93. The van der Waals surface area contributed by atoms with Crippen molar-refractivity contribution >= 4 is 34.6 Å². The summed E-state index contributed by atoms with van der Waals surface area (Å²) in [4.78, 5) is 31.5. The molecule has 2 aromatic rings. The molecule has 2 atom stereocenters. The molecular formula is C25H32N4O4. The predicted molar refractivity (Wildman–Crippen MR) is 131 cm³/mol. The lowest BCUT2D eigenvalue weighted by Gasteiger charge is -2.24. The molecule has 2 amide bonds. The number of amides is 2. The third-order valence-electron chi connectivity index (χ3n) is 5.85. The maximum absolute atomic E-state index is 12.8. The molecule has 0 fully saturated rings. The highest BCUT2D eigenvalue weighted by Crippen LogP contribution is 2.42. The van der Waals surface area contributed by atoms with Gasteiger partial charge in [-0.2, -0.15) is 0 Å². The first-order chi connectivity index (χ1) is 15.8. The van der Waals surface area contributed by atoms with Crippen LogP contribution in [0.5, 0.6) is 11.5 Å². The summed E-state index contributed by atoms with van der Waals surface area (Å²) in [7, 11) is 5.01. The summed E-state index contributed by atoms with van der Waals surface area (Å²) in [6.45, 7) is 6.13. The molecule has 8 heteroatoms. The van der Waals surface area contributed by atoms with E-state index < -0.39 is 5.92 Å². The molecule has 0 spiro atoms. The number of anilines is 2. The number of hydrogen-bond donors (Lipinski definition) is 2. The van der Waals surface area contributed by atoms with E-state index in [1.165, 1.54) is 0 Å². The van der Waals surface area contributed by atoms with Crippen molar-refractivity contribution in [3.8, 4) is 11.5 Å². The Hall–Kier alpha value is -3.39. The number of carbonyl (C=O) groups excluding carboxylic acids is 2. The average molecular weight is 453 g/mol. The molecule has 33 heavy (non-hydrogen) atoms.